The van der Waals surface area contributed by atoms with E-state index in [0.29, 0.717) is 23.1 Å². The summed E-state index contributed by atoms with van der Waals surface area (Å²) in [7, 11) is 0. The molecule has 7 heteroatoms. The van der Waals surface area contributed by atoms with Gasteiger partial charge in [-0.25, -0.2) is 0 Å². The average molecular weight is 626 g/mol. The van der Waals surface area contributed by atoms with Crippen molar-refractivity contribution in [3.63, 3.8) is 0 Å². The quantitative estimate of drug-likeness (QED) is 0.238. The molecule has 1 N–H and O–H groups in total. The Hall–Kier alpha value is -2.83. The Morgan fingerprint density at radius 1 is 0.975 bits per heavy atom. The van der Waals surface area contributed by atoms with Crippen LogP contribution in [0.1, 0.15) is 68.6 Å². The fourth-order valence-electron chi connectivity index (χ4n) is 5.15. The highest BCUT2D eigenvalue weighted by molar-refractivity contribution is 9.10. The molecule has 40 heavy (non-hydrogen) atoms. The van der Waals surface area contributed by atoms with Gasteiger partial charge in [0.25, 0.3) is 5.91 Å². The summed E-state index contributed by atoms with van der Waals surface area (Å²) in [6.45, 7) is 4.31. The summed E-state index contributed by atoms with van der Waals surface area (Å²) in [6.07, 6.45) is 5.75. The van der Waals surface area contributed by atoms with E-state index in [4.69, 9.17) is 16.3 Å². The fraction of sp³-hybridized carbons (Fsp3) is 0.394. The highest BCUT2D eigenvalue weighted by Crippen LogP contribution is 2.29. The number of hydrogen-bond acceptors (Lipinski definition) is 3. The largest absolute Gasteiger partial charge is 0.483 e. The van der Waals surface area contributed by atoms with Crippen LogP contribution in [0.4, 0.5) is 0 Å². The number of benzene rings is 3. The predicted molar refractivity (Wildman–Crippen MR) is 165 cm³/mol. The van der Waals surface area contributed by atoms with E-state index in [-0.39, 0.29) is 31.0 Å². The van der Waals surface area contributed by atoms with Crippen LogP contribution >= 0.6 is 27.5 Å². The van der Waals surface area contributed by atoms with E-state index in [9.17, 15) is 9.59 Å². The molecule has 0 radical (unpaired) electrons. The van der Waals surface area contributed by atoms with Gasteiger partial charge in [-0.05, 0) is 75.6 Å². The van der Waals surface area contributed by atoms with Gasteiger partial charge in [0.15, 0.2) is 6.61 Å². The number of rotatable bonds is 11. The van der Waals surface area contributed by atoms with Crippen molar-refractivity contribution in [3.05, 3.63) is 99.0 Å². The van der Waals surface area contributed by atoms with Gasteiger partial charge in [0.2, 0.25) is 5.91 Å². The van der Waals surface area contributed by atoms with Gasteiger partial charge in [0.05, 0.1) is 4.47 Å². The molecular formula is C33H38BrClN2O3. The van der Waals surface area contributed by atoms with Crippen LogP contribution in [0.25, 0.3) is 0 Å². The van der Waals surface area contributed by atoms with Gasteiger partial charge < -0.3 is 15.0 Å². The highest BCUT2D eigenvalue weighted by atomic mass is 79.9. The van der Waals surface area contributed by atoms with Gasteiger partial charge in [0.1, 0.15) is 11.8 Å². The molecule has 0 aromatic heterocycles. The van der Waals surface area contributed by atoms with E-state index in [1.165, 1.54) is 12.0 Å². The Balaban J connectivity index is 1.61. The number of ether oxygens (including phenoxy) is 1. The van der Waals surface area contributed by atoms with Crippen LogP contribution in [0.2, 0.25) is 5.02 Å². The molecule has 0 bridgehead atoms. The predicted octanol–water partition coefficient (Wildman–Crippen LogP) is 7.69. The van der Waals surface area contributed by atoms with Crippen LogP contribution in [0.5, 0.6) is 5.75 Å². The summed E-state index contributed by atoms with van der Waals surface area (Å²) in [5.74, 6) is 0.571. The molecule has 3 aromatic rings. The van der Waals surface area contributed by atoms with E-state index in [1.54, 1.807) is 11.0 Å². The van der Waals surface area contributed by atoms with E-state index >= 15 is 0 Å². The zero-order chi connectivity index (χ0) is 28.5. The van der Waals surface area contributed by atoms with Crippen LogP contribution in [-0.2, 0) is 22.6 Å². The third-order valence-electron chi connectivity index (χ3n) is 7.44. The molecule has 0 saturated heterocycles. The summed E-state index contributed by atoms with van der Waals surface area (Å²) >= 11 is 9.88. The molecule has 0 aliphatic heterocycles. The Morgan fingerprint density at radius 2 is 1.70 bits per heavy atom. The molecule has 212 valence electrons. The van der Waals surface area contributed by atoms with Gasteiger partial charge >= 0.3 is 0 Å². The monoisotopic (exact) mass is 624 g/mol. The van der Waals surface area contributed by atoms with Gasteiger partial charge in [-0.1, -0.05) is 93.2 Å². The highest BCUT2D eigenvalue weighted by Gasteiger charge is 2.32. The van der Waals surface area contributed by atoms with Gasteiger partial charge in [-0.3, -0.25) is 9.59 Å². The van der Waals surface area contributed by atoms with Crippen molar-refractivity contribution in [3.8, 4) is 5.75 Å². The van der Waals surface area contributed by atoms with E-state index in [0.717, 1.165) is 41.3 Å². The zero-order valence-corrected chi connectivity index (χ0v) is 25.6. The van der Waals surface area contributed by atoms with Crippen LogP contribution < -0.4 is 10.1 Å². The number of nitrogens with zero attached hydrogens (tertiary/aromatic N) is 1. The Kier molecular flexibility index (Phi) is 11.1. The third kappa shape index (κ3) is 8.58. The molecule has 4 rings (SSSR count). The lowest BCUT2D eigenvalue weighted by Crippen LogP contribution is -2.53. The molecular weight excluding hydrogens is 588 g/mol. The van der Waals surface area contributed by atoms with Crippen LogP contribution in [0, 0.1) is 0 Å². The summed E-state index contributed by atoms with van der Waals surface area (Å²) < 4.78 is 6.81. The summed E-state index contributed by atoms with van der Waals surface area (Å²) in [4.78, 5) is 29.4. The summed E-state index contributed by atoms with van der Waals surface area (Å²) in [5, 5.41) is 3.85. The lowest BCUT2D eigenvalue weighted by molar-refractivity contribution is -0.143. The first-order valence-electron chi connectivity index (χ1n) is 14.1. The number of carbonyl (C=O) groups excluding carboxylic acids is 2. The molecule has 2 amide bonds. The second-order valence-electron chi connectivity index (χ2n) is 10.8. The number of hydrogen-bond donors (Lipinski definition) is 1. The normalized spacial score (nSPS) is 14.5. The molecule has 1 aliphatic carbocycles. The Labute approximate surface area is 251 Å². The maximum Gasteiger partial charge on any atom is 0.261 e. The average Bonchev–Trinajstić information content (AvgIpc) is 2.95. The molecule has 0 heterocycles. The van der Waals surface area contributed by atoms with E-state index < -0.39 is 6.04 Å². The number of nitrogens with one attached hydrogen (secondary N) is 1. The zero-order valence-electron chi connectivity index (χ0n) is 23.2. The Bertz CT molecular complexity index is 1280. The first kappa shape index (κ1) is 30.1. The van der Waals surface area contributed by atoms with Gasteiger partial charge in [0, 0.05) is 24.0 Å². The maximum atomic E-state index is 13.9. The molecule has 5 nitrogen and oxygen atoms in total. The van der Waals surface area contributed by atoms with E-state index in [2.05, 4.69) is 35.1 Å². The van der Waals surface area contributed by atoms with Crippen molar-refractivity contribution >= 4 is 39.3 Å². The smallest absolute Gasteiger partial charge is 0.261 e. The standard InChI is InChI=1S/C33H38BrClN2O3/c1-23(2)26-16-17-31(29(34)20-26)40-22-32(38)37(21-25-12-9-13-27(35)18-25)30(19-24-10-5-3-6-11-24)33(39)36-28-14-7-4-8-15-28/h3,5-6,9-13,16-18,20,23,28,30H,4,7-8,14-15,19,21-22H2,1-2H3,(H,36,39)/t30-/m0/s1. The maximum absolute atomic E-state index is 13.9. The van der Waals surface area contributed by atoms with Crippen molar-refractivity contribution in [2.24, 2.45) is 0 Å². The molecule has 1 saturated carbocycles. The minimum Gasteiger partial charge on any atom is -0.483 e. The number of halogens is 2. The molecule has 0 spiro atoms. The lowest BCUT2D eigenvalue weighted by Gasteiger charge is -2.33. The fourth-order valence-corrected chi connectivity index (χ4v) is 5.87. The van der Waals surface area contributed by atoms with Crippen LogP contribution in [-0.4, -0.2) is 35.4 Å². The molecule has 1 atom stereocenters. The minimum atomic E-state index is -0.703. The van der Waals surface area contributed by atoms with Gasteiger partial charge in [-0.2, -0.15) is 0 Å². The Morgan fingerprint density at radius 3 is 2.38 bits per heavy atom. The SMILES string of the molecule is CC(C)c1ccc(OCC(=O)N(Cc2cccc(Cl)c2)[C@@H](Cc2ccccc2)C(=O)NC2CCCCC2)c(Br)c1. The molecule has 1 fully saturated rings. The topological polar surface area (TPSA) is 58.6 Å². The number of carbonyl (C=O) groups is 2. The third-order valence-corrected chi connectivity index (χ3v) is 8.29. The van der Waals surface area contributed by atoms with Crippen molar-refractivity contribution in [2.75, 3.05) is 6.61 Å². The molecule has 1 aliphatic rings. The second-order valence-corrected chi connectivity index (χ2v) is 12.1. The first-order valence-corrected chi connectivity index (χ1v) is 15.3. The van der Waals surface area contributed by atoms with Crippen LogP contribution in [0.3, 0.4) is 0 Å². The molecule has 3 aromatic carbocycles. The second kappa shape index (κ2) is 14.7. The van der Waals surface area contributed by atoms with Crippen molar-refractivity contribution in [1.82, 2.24) is 10.2 Å². The van der Waals surface area contributed by atoms with Crippen molar-refractivity contribution in [1.29, 1.82) is 0 Å². The van der Waals surface area contributed by atoms with Crippen LogP contribution in [0.15, 0.2) is 77.3 Å². The first-order chi connectivity index (χ1) is 19.3. The van der Waals surface area contributed by atoms with Crippen molar-refractivity contribution in [2.45, 2.75) is 76.9 Å². The van der Waals surface area contributed by atoms with E-state index in [1.807, 2.05) is 66.7 Å². The lowest BCUT2D eigenvalue weighted by atomic mass is 9.94. The molecule has 0 unspecified atom stereocenters. The van der Waals surface area contributed by atoms with Crippen molar-refractivity contribution < 1.29 is 14.3 Å². The van der Waals surface area contributed by atoms with Gasteiger partial charge in [-0.15, -0.1) is 0 Å². The number of amides is 2. The summed E-state index contributed by atoms with van der Waals surface area (Å²) in [5.41, 5.74) is 3.02. The summed E-state index contributed by atoms with van der Waals surface area (Å²) in [6, 6.07) is 22.6. The minimum absolute atomic E-state index is 0.131.